The minimum Gasteiger partial charge on any atom is -0.381 e. The van der Waals surface area contributed by atoms with E-state index in [1.807, 2.05) is 20.0 Å². The number of ether oxygens (including phenoxy) is 1. The van der Waals surface area contributed by atoms with Crippen LogP contribution in [0.5, 0.6) is 0 Å². The third-order valence-electron chi connectivity index (χ3n) is 3.52. The molecule has 2 heterocycles. The number of aromatic nitrogens is 1. The van der Waals surface area contributed by atoms with Gasteiger partial charge >= 0.3 is 0 Å². The number of nitrogens with zero attached hydrogens (tertiary/aromatic N) is 2. The fourth-order valence-electron chi connectivity index (χ4n) is 2.51. The van der Waals surface area contributed by atoms with E-state index in [1.165, 1.54) is 0 Å². The zero-order valence-corrected chi connectivity index (χ0v) is 12.3. The molecule has 0 aromatic carbocycles. The maximum Gasteiger partial charge on any atom is 0.257 e. The molecule has 0 aliphatic carbocycles. The standard InChI is InChI=1S/C15H23N3O2/c1-3-16-14-13(7-4-8-17-14)15(19)18(2)10-12-6-5-9-20-11-12/h4,7-8,12H,3,5-6,9-11H2,1-2H3,(H,16,17). The minimum absolute atomic E-state index is 0.0135. The van der Waals surface area contributed by atoms with Gasteiger partial charge in [-0.2, -0.15) is 0 Å². The Hall–Kier alpha value is -1.62. The van der Waals surface area contributed by atoms with E-state index in [0.29, 0.717) is 17.3 Å². The molecular formula is C15H23N3O2. The van der Waals surface area contributed by atoms with E-state index >= 15 is 0 Å². The maximum absolute atomic E-state index is 12.5. The van der Waals surface area contributed by atoms with E-state index in [0.717, 1.165) is 39.1 Å². The van der Waals surface area contributed by atoms with E-state index in [-0.39, 0.29) is 5.91 Å². The van der Waals surface area contributed by atoms with Crippen molar-refractivity contribution in [1.29, 1.82) is 0 Å². The molecule has 5 heteroatoms. The number of hydrogen-bond donors (Lipinski definition) is 1. The first-order valence-electron chi connectivity index (χ1n) is 7.24. The summed E-state index contributed by atoms with van der Waals surface area (Å²) in [4.78, 5) is 18.5. The van der Waals surface area contributed by atoms with Gasteiger partial charge in [-0.3, -0.25) is 4.79 Å². The van der Waals surface area contributed by atoms with Crippen LogP contribution in [0.4, 0.5) is 5.82 Å². The zero-order chi connectivity index (χ0) is 14.4. The predicted molar refractivity (Wildman–Crippen MR) is 78.9 cm³/mol. The van der Waals surface area contributed by atoms with Crippen LogP contribution in [-0.2, 0) is 4.74 Å². The van der Waals surface area contributed by atoms with Gasteiger partial charge in [0.05, 0.1) is 12.2 Å². The number of carbonyl (C=O) groups is 1. The highest BCUT2D eigenvalue weighted by Crippen LogP contribution is 2.18. The highest BCUT2D eigenvalue weighted by atomic mass is 16.5. The Balaban J connectivity index is 2.02. The average molecular weight is 277 g/mol. The first kappa shape index (κ1) is 14.8. The largest absolute Gasteiger partial charge is 0.381 e. The Bertz CT molecular complexity index is 444. The van der Waals surface area contributed by atoms with Gasteiger partial charge in [-0.25, -0.2) is 4.98 Å². The van der Waals surface area contributed by atoms with Crippen molar-refractivity contribution in [3.8, 4) is 0 Å². The van der Waals surface area contributed by atoms with E-state index < -0.39 is 0 Å². The molecular weight excluding hydrogens is 254 g/mol. The summed E-state index contributed by atoms with van der Waals surface area (Å²) in [5, 5.41) is 3.13. The van der Waals surface area contributed by atoms with Crippen LogP contribution < -0.4 is 5.32 Å². The van der Waals surface area contributed by atoms with Gasteiger partial charge in [0.2, 0.25) is 0 Å². The Morgan fingerprint density at radius 1 is 1.60 bits per heavy atom. The first-order valence-corrected chi connectivity index (χ1v) is 7.24. The van der Waals surface area contributed by atoms with Crippen molar-refractivity contribution in [2.75, 3.05) is 38.7 Å². The highest BCUT2D eigenvalue weighted by Gasteiger charge is 2.21. The molecule has 110 valence electrons. The second kappa shape index (κ2) is 7.24. The van der Waals surface area contributed by atoms with E-state index in [4.69, 9.17) is 4.74 Å². The van der Waals surface area contributed by atoms with E-state index in [9.17, 15) is 4.79 Å². The summed E-state index contributed by atoms with van der Waals surface area (Å²) >= 11 is 0. The van der Waals surface area contributed by atoms with Crippen molar-refractivity contribution in [3.05, 3.63) is 23.9 Å². The number of amides is 1. The lowest BCUT2D eigenvalue weighted by Gasteiger charge is -2.27. The first-order chi connectivity index (χ1) is 9.72. The number of nitrogens with one attached hydrogen (secondary N) is 1. The molecule has 0 bridgehead atoms. The van der Waals surface area contributed by atoms with Crippen LogP contribution in [0.1, 0.15) is 30.1 Å². The second-order valence-corrected chi connectivity index (χ2v) is 5.20. The fourth-order valence-corrected chi connectivity index (χ4v) is 2.51. The molecule has 1 N–H and O–H groups in total. The van der Waals surface area contributed by atoms with Gasteiger partial charge < -0.3 is 15.0 Å². The van der Waals surface area contributed by atoms with Crippen LogP contribution in [0.2, 0.25) is 0 Å². The molecule has 1 saturated heterocycles. The number of carbonyl (C=O) groups excluding carboxylic acids is 1. The summed E-state index contributed by atoms with van der Waals surface area (Å²) in [5.74, 6) is 1.11. The van der Waals surface area contributed by atoms with Crippen LogP contribution in [0, 0.1) is 5.92 Å². The Kier molecular flexibility index (Phi) is 5.35. The van der Waals surface area contributed by atoms with Crippen molar-refractivity contribution < 1.29 is 9.53 Å². The quantitative estimate of drug-likeness (QED) is 0.894. The van der Waals surface area contributed by atoms with Gasteiger partial charge in [0.25, 0.3) is 5.91 Å². The average Bonchev–Trinajstić information content (AvgIpc) is 2.48. The van der Waals surface area contributed by atoms with Gasteiger partial charge in [-0.05, 0) is 37.8 Å². The fraction of sp³-hybridized carbons (Fsp3) is 0.600. The van der Waals surface area contributed by atoms with Crippen LogP contribution in [0.15, 0.2) is 18.3 Å². The van der Waals surface area contributed by atoms with Gasteiger partial charge in [-0.15, -0.1) is 0 Å². The van der Waals surface area contributed by atoms with Crippen molar-refractivity contribution in [2.24, 2.45) is 5.92 Å². The Morgan fingerprint density at radius 3 is 3.15 bits per heavy atom. The van der Waals surface area contributed by atoms with Crippen LogP contribution in [0.3, 0.4) is 0 Å². The smallest absolute Gasteiger partial charge is 0.257 e. The number of pyridine rings is 1. The molecule has 1 aliphatic heterocycles. The molecule has 1 amide bonds. The van der Waals surface area contributed by atoms with Crippen LogP contribution >= 0.6 is 0 Å². The maximum atomic E-state index is 12.5. The number of anilines is 1. The number of rotatable bonds is 5. The zero-order valence-electron chi connectivity index (χ0n) is 12.3. The number of hydrogen-bond acceptors (Lipinski definition) is 4. The van der Waals surface area contributed by atoms with Crippen molar-refractivity contribution >= 4 is 11.7 Å². The van der Waals surface area contributed by atoms with Crippen LogP contribution in [0.25, 0.3) is 0 Å². The lowest BCUT2D eigenvalue weighted by atomic mass is 10.0. The predicted octanol–water partition coefficient (Wildman–Crippen LogP) is 2.01. The molecule has 1 fully saturated rings. The third-order valence-corrected chi connectivity index (χ3v) is 3.52. The summed E-state index contributed by atoms with van der Waals surface area (Å²) in [6.45, 7) is 5.08. The monoisotopic (exact) mass is 277 g/mol. The van der Waals surface area contributed by atoms with E-state index in [1.54, 1.807) is 17.2 Å². The third kappa shape index (κ3) is 3.70. The minimum atomic E-state index is 0.0135. The summed E-state index contributed by atoms with van der Waals surface area (Å²) in [6, 6.07) is 3.62. The molecule has 0 radical (unpaired) electrons. The molecule has 2 rings (SSSR count). The van der Waals surface area contributed by atoms with Crippen molar-refractivity contribution in [2.45, 2.75) is 19.8 Å². The molecule has 1 aliphatic rings. The van der Waals surface area contributed by atoms with Gasteiger partial charge in [-0.1, -0.05) is 0 Å². The molecule has 1 atom stereocenters. The van der Waals surface area contributed by atoms with Gasteiger partial charge in [0, 0.05) is 32.9 Å². The second-order valence-electron chi connectivity index (χ2n) is 5.20. The summed E-state index contributed by atoms with van der Waals surface area (Å²) in [5.41, 5.74) is 0.633. The highest BCUT2D eigenvalue weighted by molar-refractivity contribution is 5.98. The van der Waals surface area contributed by atoms with Gasteiger partial charge in [0.15, 0.2) is 0 Å². The van der Waals surface area contributed by atoms with E-state index in [2.05, 4.69) is 10.3 Å². The summed E-state index contributed by atoms with van der Waals surface area (Å²) in [6.07, 6.45) is 3.91. The molecule has 1 aromatic rings. The SMILES string of the molecule is CCNc1ncccc1C(=O)N(C)CC1CCCOC1. The molecule has 0 saturated carbocycles. The Morgan fingerprint density at radius 2 is 2.45 bits per heavy atom. The summed E-state index contributed by atoms with van der Waals surface area (Å²) in [7, 11) is 1.85. The van der Waals surface area contributed by atoms with Crippen molar-refractivity contribution in [1.82, 2.24) is 9.88 Å². The Labute approximate surface area is 120 Å². The molecule has 1 aromatic heterocycles. The molecule has 20 heavy (non-hydrogen) atoms. The normalized spacial score (nSPS) is 18.6. The van der Waals surface area contributed by atoms with Crippen molar-refractivity contribution in [3.63, 3.8) is 0 Å². The molecule has 0 spiro atoms. The lowest BCUT2D eigenvalue weighted by Crippen LogP contribution is -2.35. The summed E-state index contributed by atoms with van der Waals surface area (Å²) < 4.78 is 5.47. The topological polar surface area (TPSA) is 54.5 Å². The lowest BCUT2D eigenvalue weighted by molar-refractivity contribution is 0.0389. The van der Waals surface area contributed by atoms with Crippen LogP contribution in [-0.4, -0.2) is 49.1 Å². The molecule has 1 unspecified atom stereocenters. The molecule has 5 nitrogen and oxygen atoms in total. The van der Waals surface area contributed by atoms with Gasteiger partial charge in [0.1, 0.15) is 5.82 Å².